The van der Waals surface area contributed by atoms with Crippen LogP contribution in [-0.4, -0.2) is 27.6 Å². The topological polar surface area (TPSA) is 56.7 Å². The molecule has 63 heavy (non-hydrogen) atoms. The molecule has 0 aliphatic rings. The van der Waals surface area contributed by atoms with Crippen molar-refractivity contribution in [2.24, 2.45) is 5.92 Å². The zero-order valence-electron chi connectivity index (χ0n) is 38.5. The van der Waals surface area contributed by atoms with Crippen molar-refractivity contribution in [3.63, 3.8) is 0 Å². The van der Waals surface area contributed by atoms with Gasteiger partial charge < -0.3 is 14.0 Å². The van der Waals surface area contributed by atoms with Gasteiger partial charge in [0, 0.05) is 55.3 Å². The number of hydrogen-bond acceptors (Lipinski definition) is 4. The Labute approximate surface area is 388 Å². The van der Waals surface area contributed by atoms with E-state index >= 15 is 0 Å². The Bertz CT molecular complexity index is 3000. The van der Waals surface area contributed by atoms with Gasteiger partial charge in [-0.15, -0.1) is 53.6 Å². The summed E-state index contributed by atoms with van der Waals surface area (Å²) in [5, 5.41) is 3.58. The number of para-hydroxylation sites is 2. The van der Waals surface area contributed by atoms with Crippen molar-refractivity contribution < 1.29 is 24.5 Å². The van der Waals surface area contributed by atoms with Crippen molar-refractivity contribution in [1.82, 2.24) is 19.5 Å². The van der Waals surface area contributed by atoms with Gasteiger partial charge >= 0.3 is 0 Å². The molecule has 0 bridgehead atoms. The first-order valence-corrected chi connectivity index (χ1v) is 25.6. The van der Waals surface area contributed by atoms with Gasteiger partial charge in [0.25, 0.3) is 0 Å². The normalized spacial score (nSPS) is 11.8. The van der Waals surface area contributed by atoms with E-state index in [4.69, 9.17) is 9.40 Å². The molecule has 0 aliphatic heterocycles. The minimum Gasteiger partial charge on any atom is -0.500 e. The molecule has 4 heterocycles. The SMILES string of the molecule is CC(C)Cc1cc(-c2[c-]cccc2)ncc1[Si](C)(C)C.Cc1cc2oc3c(-c4nc5ccccc5n4-c4c(C(C)C)cc(-c5ccccc5)cc4C(C)C)[c-]cc(C)c3c2cn1.[Ir]. The molecule has 7 heteroatoms. The zero-order valence-corrected chi connectivity index (χ0v) is 41.9. The zero-order chi connectivity index (χ0) is 43.9. The van der Waals surface area contributed by atoms with Gasteiger partial charge in [-0.1, -0.05) is 133 Å². The molecule has 9 aromatic rings. The third kappa shape index (κ3) is 9.29. The molecule has 1 radical (unpaired) electrons. The largest absolute Gasteiger partial charge is 0.500 e. The number of rotatable bonds is 9. The fraction of sp³-hybridized carbons (Fsp3) is 0.268. The van der Waals surface area contributed by atoms with Crippen LogP contribution < -0.4 is 5.19 Å². The number of hydrogen-bond donors (Lipinski definition) is 0. The molecule has 0 unspecified atom stereocenters. The molecule has 0 amide bonds. The first-order valence-electron chi connectivity index (χ1n) is 22.1. The summed E-state index contributed by atoms with van der Waals surface area (Å²) >= 11 is 0. The molecule has 5 nitrogen and oxygen atoms in total. The van der Waals surface area contributed by atoms with Crippen LogP contribution in [0.5, 0.6) is 0 Å². The minimum absolute atomic E-state index is 0. The Hall–Kier alpha value is -5.46. The standard InChI is InChI=1S/C38H34N3O.C18H24NSi.Ir/c1-22(2)29-19-27(26-12-8-7-9-13-26)20-30(23(3)4)36(29)41-33-15-11-10-14-32(33)40-38(41)28-17-16-24(5)35-31-21-39-25(6)18-34(31)42-37(28)35;1-14(2)11-16-12-17(15-9-7-6-8-10-15)19-13-18(16)20(3,4)5;/h7-16,18-23H,1-6H3;6-9,12-14H,11H2,1-5H3;/q2*-1;. The number of nitrogens with zero attached hydrogens (tertiary/aromatic N) is 4. The van der Waals surface area contributed by atoms with Crippen LogP contribution in [0.1, 0.15) is 81.3 Å². The maximum absolute atomic E-state index is 6.59. The first kappa shape index (κ1) is 45.6. The van der Waals surface area contributed by atoms with Gasteiger partial charge in [-0.3, -0.25) is 9.97 Å². The van der Waals surface area contributed by atoms with Gasteiger partial charge in [0.1, 0.15) is 5.58 Å². The number of aromatic nitrogens is 4. The molecule has 0 fully saturated rings. The van der Waals surface area contributed by atoms with E-state index in [1.807, 2.05) is 37.4 Å². The molecule has 0 spiro atoms. The fourth-order valence-electron chi connectivity index (χ4n) is 8.66. The van der Waals surface area contributed by atoms with Crippen LogP contribution in [0.4, 0.5) is 0 Å². The van der Waals surface area contributed by atoms with E-state index in [1.54, 1.807) is 0 Å². The number of benzene rings is 5. The van der Waals surface area contributed by atoms with Gasteiger partial charge in [0.15, 0.2) is 0 Å². The van der Waals surface area contributed by atoms with Gasteiger partial charge in [-0.05, 0) is 88.5 Å². The van der Waals surface area contributed by atoms with Crippen LogP contribution >= 0.6 is 0 Å². The van der Waals surface area contributed by atoms with E-state index in [0.29, 0.717) is 5.92 Å². The summed E-state index contributed by atoms with van der Waals surface area (Å²) in [4.78, 5) is 14.5. The molecule has 0 aliphatic carbocycles. The van der Waals surface area contributed by atoms with Gasteiger partial charge in [-0.2, -0.15) is 0 Å². The summed E-state index contributed by atoms with van der Waals surface area (Å²) in [5.74, 6) is 2.08. The van der Waals surface area contributed by atoms with Crippen molar-refractivity contribution in [1.29, 1.82) is 0 Å². The van der Waals surface area contributed by atoms with E-state index in [2.05, 4.69) is 186 Å². The summed E-state index contributed by atoms with van der Waals surface area (Å²) in [5.41, 5.74) is 16.4. The molecule has 0 N–H and O–H groups in total. The van der Waals surface area contributed by atoms with Crippen molar-refractivity contribution in [3.05, 3.63) is 162 Å². The average molecular weight is 1020 g/mol. The van der Waals surface area contributed by atoms with Crippen LogP contribution in [0, 0.1) is 31.9 Å². The molecule has 323 valence electrons. The Morgan fingerprint density at radius 1 is 0.730 bits per heavy atom. The maximum Gasteiger partial charge on any atom is 0.124 e. The van der Waals surface area contributed by atoms with Crippen molar-refractivity contribution >= 4 is 46.2 Å². The van der Waals surface area contributed by atoms with Crippen LogP contribution in [0.15, 0.2) is 126 Å². The summed E-state index contributed by atoms with van der Waals surface area (Å²) in [6.45, 7) is 24.9. The van der Waals surface area contributed by atoms with Crippen LogP contribution in [0.3, 0.4) is 0 Å². The molecular formula is C56H58IrN4OSi-2. The number of aryl methyl sites for hydroxylation is 2. The third-order valence-electron chi connectivity index (χ3n) is 11.7. The smallest absolute Gasteiger partial charge is 0.124 e. The molecule has 4 aromatic heterocycles. The van der Waals surface area contributed by atoms with Gasteiger partial charge in [-0.25, -0.2) is 0 Å². The molecule has 9 rings (SSSR count). The van der Waals surface area contributed by atoms with Crippen LogP contribution in [0.25, 0.3) is 72.4 Å². The fourth-order valence-corrected chi connectivity index (χ4v) is 10.2. The van der Waals surface area contributed by atoms with Crippen LogP contribution in [0.2, 0.25) is 19.6 Å². The van der Waals surface area contributed by atoms with E-state index in [0.717, 1.165) is 73.3 Å². The van der Waals surface area contributed by atoms with Crippen LogP contribution in [-0.2, 0) is 26.5 Å². The van der Waals surface area contributed by atoms with Crippen molar-refractivity contribution in [2.75, 3.05) is 0 Å². The van der Waals surface area contributed by atoms with Gasteiger partial charge in [0.05, 0.1) is 30.5 Å². The second-order valence-corrected chi connectivity index (χ2v) is 23.8. The maximum atomic E-state index is 6.59. The Morgan fingerprint density at radius 3 is 2.06 bits per heavy atom. The Kier molecular flexibility index (Phi) is 13.5. The third-order valence-corrected chi connectivity index (χ3v) is 13.8. The molecule has 0 saturated carbocycles. The summed E-state index contributed by atoms with van der Waals surface area (Å²) in [6, 6.07) is 45.1. The van der Waals surface area contributed by atoms with E-state index < -0.39 is 8.07 Å². The second kappa shape index (κ2) is 18.7. The Balaban J connectivity index is 0.000000239. The summed E-state index contributed by atoms with van der Waals surface area (Å²) in [6.07, 6.45) is 5.16. The van der Waals surface area contributed by atoms with Crippen molar-refractivity contribution in [2.45, 2.75) is 93.3 Å². The molecule has 0 atom stereocenters. The average Bonchev–Trinajstić information content (AvgIpc) is 3.82. The molecule has 5 aromatic carbocycles. The monoisotopic (exact) mass is 1020 g/mol. The van der Waals surface area contributed by atoms with E-state index in [1.165, 1.54) is 38.7 Å². The summed E-state index contributed by atoms with van der Waals surface area (Å²) in [7, 11) is -1.34. The number of pyridine rings is 2. The van der Waals surface area contributed by atoms with E-state index in [-0.39, 0.29) is 31.9 Å². The minimum atomic E-state index is -1.34. The number of imidazole rings is 1. The van der Waals surface area contributed by atoms with Crippen molar-refractivity contribution in [3.8, 4) is 39.5 Å². The summed E-state index contributed by atoms with van der Waals surface area (Å²) < 4.78 is 8.95. The predicted octanol–water partition coefficient (Wildman–Crippen LogP) is 14.6. The quantitative estimate of drug-likeness (QED) is 0.107. The molecular weight excluding hydrogens is 965 g/mol. The molecule has 0 saturated heterocycles. The second-order valence-electron chi connectivity index (χ2n) is 18.8. The predicted molar refractivity (Wildman–Crippen MR) is 264 cm³/mol. The number of furan rings is 1. The first-order chi connectivity index (χ1) is 29.7. The Morgan fingerprint density at radius 2 is 1.41 bits per heavy atom. The van der Waals surface area contributed by atoms with E-state index in [9.17, 15) is 0 Å². The number of fused-ring (bicyclic) bond motifs is 4. The van der Waals surface area contributed by atoms with Gasteiger partial charge in [0.2, 0.25) is 0 Å².